The van der Waals surface area contributed by atoms with Crippen molar-refractivity contribution in [1.82, 2.24) is 16.2 Å². The van der Waals surface area contributed by atoms with Crippen LogP contribution >= 0.6 is 35.2 Å². The van der Waals surface area contributed by atoms with Gasteiger partial charge in [0.2, 0.25) is 0 Å². The maximum atomic E-state index is 12.5. The molecule has 0 bridgehead atoms. The van der Waals surface area contributed by atoms with Crippen molar-refractivity contribution in [1.29, 1.82) is 0 Å². The van der Waals surface area contributed by atoms with Crippen LogP contribution < -0.4 is 20.9 Å². The number of carbonyl (C=O) groups is 2. The number of halogens is 1. The van der Waals surface area contributed by atoms with Gasteiger partial charge in [0, 0.05) is 10.1 Å². The van der Waals surface area contributed by atoms with Crippen molar-refractivity contribution < 1.29 is 14.3 Å². The van der Waals surface area contributed by atoms with Crippen molar-refractivity contribution in [3.8, 4) is 5.75 Å². The number of hydrogen-bond donors (Lipinski definition) is 3. The number of hydrogen-bond acceptors (Lipinski definition) is 5. The summed E-state index contributed by atoms with van der Waals surface area (Å²) >= 11 is 12.7. The molecule has 1 unspecified atom stereocenters. The number of rotatable bonds is 4. The van der Waals surface area contributed by atoms with E-state index in [9.17, 15) is 9.59 Å². The van der Waals surface area contributed by atoms with E-state index in [1.807, 2.05) is 60.7 Å². The predicted octanol–water partition coefficient (Wildman–Crippen LogP) is 4.81. The van der Waals surface area contributed by atoms with Gasteiger partial charge in [-0.05, 0) is 48.1 Å². The molecular weight excluding hydrogens is 466 g/mol. The highest BCUT2D eigenvalue weighted by Crippen LogP contribution is 2.34. The summed E-state index contributed by atoms with van der Waals surface area (Å²) in [6.07, 6.45) is -0.792. The Bertz CT molecular complexity index is 1340. The molecule has 0 saturated carbocycles. The molecule has 0 fully saturated rings. The zero-order chi connectivity index (χ0) is 22.7. The van der Waals surface area contributed by atoms with Crippen LogP contribution in [0.2, 0.25) is 5.02 Å². The van der Waals surface area contributed by atoms with Crippen LogP contribution in [0.25, 0.3) is 20.9 Å². The molecule has 1 atom stereocenters. The average molecular weight is 484 g/mol. The van der Waals surface area contributed by atoms with Crippen molar-refractivity contribution in [3.05, 3.63) is 76.6 Å². The highest BCUT2D eigenvalue weighted by molar-refractivity contribution is 7.80. The normalized spacial score (nSPS) is 11.7. The van der Waals surface area contributed by atoms with E-state index in [4.69, 9.17) is 28.6 Å². The Morgan fingerprint density at radius 2 is 1.72 bits per heavy atom. The topological polar surface area (TPSA) is 79.5 Å². The monoisotopic (exact) mass is 483 g/mol. The summed E-state index contributed by atoms with van der Waals surface area (Å²) in [5, 5.41) is 5.72. The van der Waals surface area contributed by atoms with Crippen LogP contribution in [-0.4, -0.2) is 23.0 Å². The number of carbonyl (C=O) groups excluding carboxylic acids is 2. The molecule has 1 heterocycles. The molecule has 9 heteroatoms. The molecule has 2 amide bonds. The molecule has 4 rings (SSSR count). The molecule has 32 heavy (non-hydrogen) atoms. The van der Waals surface area contributed by atoms with E-state index in [2.05, 4.69) is 16.2 Å². The van der Waals surface area contributed by atoms with Gasteiger partial charge in [0.1, 0.15) is 10.6 Å². The van der Waals surface area contributed by atoms with Gasteiger partial charge >= 0.3 is 0 Å². The number of fused-ring (bicyclic) bond motifs is 2. The first-order valence-corrected chi connectivity index (χ1v) is 11.3. The third kappa shape index (κ3) is 4.83. The van der Waals surface area contributed by atoms with E-state index in [0.717, 1.165) is 20.9 Å². The lowest BCUT2D eigenvalue weighted by Crippen LogP contribution is -2.51. The van der Waals surface area contributed by atoms with Crippen molar-refractivity contribution in [2.45, 2.75) is 13.0 Å². The van der Waals surface area contributed by atoms with E-state index in [1.165, 1.54) is 11.3 Å². The molecule has 6 nitrogen and oxygen atoms in total. The summed E-state index contributed by atoms with van der Waals surface area (Å²) < 4.78 is 6.62. The predicted molar refractivity (Wildman–Crippen MR) is 132 cm³/mol. The zero-order valence-electron chi connectivity index (χ0n) is 16.8. The average Bonchev–Trinajstić information content (AvgIpc) is 3.14. The highest BCUT2D eigenvalue weighted by atomic mass is 35.5. The lowest BCUT2D eigenvalue weighted by Gasteiger charge is -2.16. The first-order chi connectivity index (χ1) is 15.4. The summed E-state index contributed by atoms with van der Waals surface area (Å²) in [7, 11) is 0. The van der Waals surface area contributed by atoms with Crippen molar-refractivity contribution in [2.24, 2.45) is 0 Å². The molecule has 3 N–H and O–H groups in total. The number of amides is 2. The number of thiophene rings is 1. The zero-order valence-corrected chi connectivity index (χ0v) is 19.2. The summed E-state index contributed by atoms with van der Waals surface area (Å²) in [4.78, 5) is 25.2. The minimum absolute atomic E-state index is 0.0604. The van der Waals surface area contributed by atoms with Crippen LogP contribution in [0.3, 0.4) is 0 Å². The van der Waals surface area contributed by atoms with Gasteiger partial charge in [0.05, 0.1) is 5.02 Å². The maximum Gasteiger partial charge on any atom is 0.279 e. The van der Waals surface area contributed by atoms with E-state index in [-0.39, 0.29) is 5.11 Å². The van der Waals surface area contributed by atoms with Gasteiger partial charge in [-0.1, -0.05) is 60.1 Å². The van der Waals surface area contributed by atoms with Crippen LogP contribution in [0.15, 0.2) is 66.7 Å². The van der Waals surface area contributed by atoms with Gasteiger partial charge in [0.15, 0.2) is 11.2 Å². The van der Waals surface area contributed by atoms with Crippen LogP contribution in [-0.2, 0) is 4.79 Å². The number of hydrazine groups is 1. The molecule has 3 aromatic carbocycles. The van der Waals surface area contributed by atoms with Crippen molar-refractivity contribution >= 4 is 72.9 Å². The third-order valence-electron chi connectivity index (χ3n) is 4.67. The van der Waals surface area contributed by atoms with Crippen LogP contribution in [0.4, 0.5) is 0 Å². The van der Waals surface area contributed by atoms with Crippen LogP contribution in [0.1, 0.15) is 16.6 Å². The van der Waals surface area contributed by atoms with E-state index in [0.29, 0.717) is 15.6 Å². The summed E-state index contributed by atoms with van der Waals surface area (Å²) in [6, 6.07) is 20.9. The Morgan fingerprint density at radius 1 is 1.00 bits per heavy atom. The van der Waals surface area contributed by atoms with Crippen molar-refractivity contribution in [3.63, 3.8) is 0 Å². The van der Waals surface area contributed by atoms with E-state index >= 15 is 0 Å². The molecular formula is C23H18ClN3O3S2. The smallest absolute Gasteiger partial charge is 0.279 e. The summed E-state index contributed by atoms with van der Waals surface area (Å²) in [5.74, 6) is -0.334. The van der Waals surface area contributed by atoms with Gasteiger partial charge in [-0.2, -0.15) is 0 Å². The Labute approximate surface area is 198 Å². The Morgan fingerprint density at radius 3 is 2.50 bits per heavy atom. The SMILES string of the molecule is CC(Oc1ccc2ccccc2c1)C(=O)NNC(=S)NC(=O)c1sc2ccccc2c1Cl. The molecule has 0 aliphatic rings. The molecule has 4 aromatic rings. The maximum absolute atomic E-state index is 12.5. The Kier molecular flexibility index (Phi) is 6.55. The molecule has 0 saturated heterocycles. The van der Waals surface area contributed by atoms with Crippen LogP contribution in [0.5, 0.6) is 5.75 Å². The molecule has 0 spiro atoms. The van der Waals surface area contributed by atoms with Crippen molar-refractivity contribution in [2.75, 3.05) is 0 Å². The lowest BCUT2D eigenvalue weighted by atomic mass is 10.1. The second kappa shape index (κ2) is 9.52. The third-order valence-corrected chi connectivity index (χ3v) is 6.55. The fourth-order valence-electron chi connectivity index (χ4n) is 3.07. The number of ether oxygens (including phenoxy) is 1. The van der Waals surface area contributed by atoms with Gasteiger partial charge < -0.3 is 4.74 Å². The molecule has 1 aromatic heterocycles. The summed E-state index contributed by atoms with van der Waals surface area (Å²) in [5.41, 5.74) is 4.95. The minimum Gasteiger partial charge on any atom is -0.481 e. The first kappa shape index (κ1) is 22.0. The second-order valence-corrected chi connectivity index (χ2v) is 8.75. The standard InChI is InChI=1S/C23H18ClN3O3S2/c1-13(30-16-11-10-14-6-2-3-7-15(14)12-16)21(28)26-27-23(31)25-22(29)20-19(24)17-8-4-5-9-18(17)32-20/h2-13H,1H3,(H,26,28)(H2,25,27,29,31). The molecule has 0 aliphatic heterocycles. The number of thiocarbonyl (C=S) groups is 1. The van der Waals surface area contributed by atoms with E-state index < -0.39 is 17.9 Å². The Balaban J connectivity index is 1.31. The quantitative estimate of drug-likeness (QED) is 0.287. The molecule has 162 valence electrons. The van der Waals surface area contributed by atoms with Gasteiger partial charge in [0.25, 0.3) is 11.8 Å². The van der Waals surface area contributed by atoms with Gasteiger partial charge in [-0.15, -0.1) is 11.3 Å². The largest absolute Gasteiger partial charge is 0.481 e. The molecule has 0 radical (unpaired) electrons. The Hall–Kier alpha value is -3.20. The fraction of sp³-hybridized carbons (Fsp3) is 0.0870. The van der Waals surface area contributed by atoms with Crippen LogP contribution in [0, 0.1) is 0 Å². The van der Waals surface area contributed by atoms with Gasteiger partial charge in [-0.25, -0.2) is 0 Å². The highest BCUT2D eigenvalue weighted by Gasteiger charge is 2.19. The fourth-order valence-corrected chi connectivity index (χ4v) is 4.63. The van der Waals surface area contributed by atoms with Gasteiger partial charge in [-0.3, -0.25) is 25.8 Å². The first-order valence-electron chi connectivity index (χ1n) is 9.66. The minimum atomic E-state index is -0.792. The number of benzene rings is 3. The lowest BCUT2D eigenvalue weighted by molar-refractivity contribution is -0.127. The van der Waals surface area contributed by atoms with E-state index in [1.54, 1.807) is 13.0 Å². The molecule has 0 aliphatic carbocycles. The summed E-state index contributed by atoms with van der Waals surface area (Å²) in [6.45, 7) is 1.62. The number of nitrogens with one attached hydrogen (secondary N) is 3. The second-order valence-electron chi connectivity index (χ2n) is 6.91.